The summed E-state index contributed by atoms with van der Waals surface area (Å²) in [6, 6.07) is 22.0. The van der Waals surface area contributed by atoms with Gasteiger partial charge in [0.2, 0.25) is 0 Å². The van der Waals surface area contributed by atoms with E-state index in [1.165, 1.54) is 0 Å². The molecule has 2 amide bonds. The zero-order valence-electron chi connectivity index (χ0n) is 17.9. The highest BCUT2D eigenvalue weighted by atomic mass is 16.2. The van der Waals surface area contributed by atoms with Gasteiger partial charge in [-0.25, -0.2) is 0 Å². The number of hydrogen-bond donors (Lipinski definition) is 2. The van der Waals surface area contributed by atoms with Crippen molar-refractivity contribution in [3.8, 4) is 0 Å². The van der Waals surface area contributed by atoms with Crippen LogP contribution in [-0.4, -0.2) is 21.8 Å². The molecule has 2 aromatic carbocycles. The van der Waals surface area contributed by atoms with Crippen molar-refractivity contribution < 1.29 is 9.59 Å². The second-order valence-corrected chi connectivity index (χ2v) is 7.12. The van der Waals surface area contributed by atoms with Gasteiger partial charge in [-0.1, -0.05) is 35.4 Å². The van der Waals surface area contributed by atoms with E-state index in [1.807, 2.05) is 50.2 Å². The number of benzene rings is 2. The fourth-order valence-electron chi connectivity index (χ4n) is 2.85. The molecule has 0 unspecified atom stereocenters. The van der Waals surface area contributed by atoms with Gasteiger partial charge in [-0.2, -0.15) is 0 Å². The fourth-order valence-corrected chi connectivity index (χ4v) is 2.85. The number of hydrogen-bond acceptors (Lipinski definition) is 4. The summed E-state index contributed by atoms with van der Waals surface area (Å²) in [5.74, 6) is -0.204. The standard InChI is InChI=1S/2C13H12N2O/c2*1-10-3-2-4-11(9-10)13(16)15-12-5-7-14-8-6-12/h2*2-9H,1H3,(H,14,15,16). The number of aromatic nitrogens is 2. The normalized spacial score (nSPS) is 9.81. The smallest absolute Gasteiger partial charge is 0.255 e. The van der Waals surface area contributed by atoms with Gasteiger partial charge in [-0.3, -0.25) is 19.6 Å². The maximum Gasteiger partial charge on any atom is 0.255 e. The van der Waals surface area contributed by atoms with Crippen molar-refractivity contribution in [2.45, 2.75) is 13.8 Å². The maximum absolute atomic E-state index is 11.8. The van der Waals surface area contributed by atoms with Gasteiger partial charge in [0, 0.05) is 47.3 Å². The number of rotatable bonds is 4. The van der Waals surface area contributed by atoms with Crippen LogP contribution >= 0.6 is 0 Å². The number of aryl methyl sites for hydroxylation is 2. The molecule has 0 radical (unpaired) electrons. The summed E-state index contributed by atoms with van der Waals surface area (Å²) in [4.78, 5) is 31.4. The molecule has 0 bridgehead atoms. The Bertz CT molecular complexity index is 1080. The second-order valence-electron chi connectivity index (χ2n) is 7.12. The van der Waals surface area contributed by atoms with Gasteiger partial charge in [0.05, 0.1) is 0 Å². The van der Waals surface area contributed by atoms with Crippen LogP contribution < -0.4 is 10.6 Å². The van der Waals surface area contributed by atoms with Crippen LogP contribution in [0, 0.1) is 13.8 Å². The zero-order chi connectivity index (χ0) is 22.8. The van der Waals surface area contributed by atoms with E-state index in [1.54, 1.807) is 61.2 Å². The Hall–Kier alpha value is -4.32. The molecule has 0 spiro atoms. The maximum atomic E-state index is 11.8. The summed E-state index contributed by atoms with van der Waals surface area (Å²) in [7, 11) is 0. The van der Waals surface area contributed by atoms with E-state index in [-0.39, 0.29) is 11.8 Å². The topological polar surface area (TPSA) is 84.0 Å². The van der Waals surface area contributed by atoms with Crippen molar-refractivity contribution in [1.82, 2.24) is 9.97 Å². The first kappa shape index (κ1) is 22.4. The molecule has 2 heterocycles. The summed E-state index contributed by atoms with van der Waals surface area (Å²) < 4.78 is 0. The minimum Gasteiger partial charge on any atom is -0.322 e. The lowest BCUT2D eigenvalue weighted by Gasteiger charge is -2.04. The van der Waals surface area contributed by atoms with Gasteiger partial charge in [0.15, 0.2) is 0 Å². The summed E-state index contributed by atoms with van der Waals surface area (Å²) >= 11 is 0. The van der Waals surface area contributed by atoms with Gasteiger partial charge in [0.1, 0.15) is 0 Å². The van der Waals surface area contributed by atoms with Crippen molar-refractivity contribution in [1.29, 1.82) is 0 Å². The number of nitrogens with one attached hydrogen (secondary N) is 2. The Balaban J connectivity index is 0.000000181. The van der Waals surface area contributed by atoms with Crippen LogP contribution in [0.2, 0.25) is 0 Å². The molecule has 32 heavy (non-hydrogen) atoms. The van der Waals surface area contributed by atoms with E-state index in [4.69, 9.17) is 0 Å². The van der Waals surface area contributed by atoms with Crippen molar-refractivity contribution in [2.75, 3.05) is 10.6 Å². The molecule has 4 aromatic rings. The zero-order valence-corrected chi connectivity index (χ0v) is 17.9. The number of carbonyl (C=O) groups excluding carboxylic acids is 2. The Kier molecular flexibility index (Phi) is 7.81. The highest BCUT2D eigenvalue weighted by Gasteiger charge is 2.06. The molecule has 0 atom stereocenters. The molecule has 0 saturated carbocycles. The monoisotopic (exact) mass is 424 g/mol. The number of carbonyl (C=O) groups is 2. The van der Waals surface area contributed by atoms with Crippen LogP contribution in [0.4, 0.5) is 11.4 Å². The molecule has 2 aromatic heterocycles. The van der Waals surface area contributed by atoms with E-state index >= 15 is 0 Å². The van der Waals surface area contributed by atoms with E-state index < -0.39 is 0 Å². The Morgan fingerprint density at radius 2 is 0.969 bits per heavy atom. The van der Waals surface area contributed by atoms with Gasteiger partial charge >= 0.3 is 0 Å². The van der Waals surface area contributed by atoms with Crippen molar-refractivity contribution in [2.24, 2.45) is 0 Å². The van der Waals surface area contributed by atoms with Crippen LogP contribution in [-0.2, 0) is 0 Å². The average molecular weight is 425 g/mol. The first-order chi connectivity index (χ1) is 15.5. The lowest BCUT2D eigenvalue weighted by atomic mass is 10.1. The largest absolute Gasteiger partial charge is 0.322 e. The average Bonchev–Trinajstić information content (AvgIpc) is 2.81. The highest BCUT2D eigenvalue weighted by Crippen LogP contribution is 2.10. The van der Waals surface area contributed by atoms with Crippen LogP contribution in [0.3, 0.4) is 0 Å². The summed E-state index contributed by atoms with van der Waals surface area (Å²) in [5.41, 5.74) is 4.97. The van der Waals surface area contributed by atoms with Crippen LogP contribution in [0.15, 0.2) is 97.6 Å². The summed E-state index contributed by atoms with van der Waals surface area (Å²) in [6.45, 7) is 3.92. The Morgan fingerprint density at radius 1 is 0.594 bits per heavy atom. The molecule has 0 fully saturated rings. The highest BCUT2D eigenvalue weighted by molar-refractivity contribution is 6.04. The second kappa shape index (κ2) is 11.2. The Labute approximate surface area is 187 Å². The minimum atomic E-state index is -0.102. The van der Waals surface area contributed by atoms with Gasteiger partial charge in [-0.05, 0) is 62.4 Å². The van der Waals surface area contributed by atoms with Crippen molar-refractivity contribution >= 4 is 23.2 Å². The molecule has 0 aliphatic heterocycles. The third kappa shape index (κ3) is 6.88. The molecule has 0 saturated heterocycles. The predicted octanol–water partition coefficient (Wildman–Crippen LogP) is 5.28. The first-order valence-corrected chi connectivity index (χ1v) is 10.1. The first-order valence-electron chi connectivity index (χ1n) is 10.1. The molecular formula is C26H24N4O2. The lowest BCUT2D eigenvalue weighted by molar-refractivity contribution is 0.101. The van der Waals surface area contributed by atoms with Gasteiger partial charge in [0.25, 0.3) is 11.8 Å². The van der Waals surface area contributed by atoms with Crippen LogP contribution in [0.5, 0.6) is 0 Å². The lowest BCUT2D eigenvalue weighted by Crippen LogP contribution is -2.11. The molecule has 0 aliphatic carbocycles. The van der Waals surface area contributed by atoms with Gasteiger partial charge in [-0.15, -0.1) is 0 Å². The third-order valence-electron chi connectivity index (χ3n) is 4.44. The number of anilines is 2. The van der Waals surface area contributed by atoms with E-state index in [0.29, 0.717) is 11.1 Å². The summed E-state index contributed by atoms with van der Waals surface area (Å²) in [5, 5.41) is 5.61. The van der Waals surface area contributed by atoms with Crippen LogP contribution in [0.1, 0.15) is 31.8 Å². The summed E-state index contributed by atoms with van der Waals surface area (Å²) in [6.07, 6.45) is 6.58. The molecular weight excluding hydrogens is 400 g/mol. The minimum absolute atomic E-state index is 0.102. The van der Waals surface area contributed by atoms with Crippen molar-refractivity contribution in [3.63, 3.8) is 0 Å². The molecule has 6 heteroatoms. The van der Waals surface area contributed by atoms with Crippen molar-refractivity contribution in [3.05, 3.63) is 120 Å². The number of nitrogens with zero attached hydrogens (tertiary/aromatic N) is 2. The number of pyridine rings is 2. The Morgan fingerprint density at radius 3 is 1.31 bits per heavy atom. The molecule has 6 nitrogen and oxygen atoms in total. The fraction of sp³-hybridized carbons (Fsp3) is 0.0769. The predicted molar refractivity (Wildman–Crippen MR) is 127 cm³/mol. The molecule has 0 aliphatic rings. The van der Waals surface area contributed by atoms with E-state index in [2.05, 4.69) is 20.6 Å². The molecule has 2 N–H and O–H groups in total. The SMILES string of the molecule is Cc1cccc(C(=O)Nc2ccncc2)c1.Cc1cccc(C(=O)Nc2ccncc2)c1. The third-order valence-corrected chi connectivity index (χ3v) is 4.44. The quantitative estimate of drug-likeness (QED) is 0.467. The molecule has 160 valence electrons. The number of amides is 2. The van der Waals surface area contributed by atoms with E-state index in [0.717, 1.165) is 22.5 Å². The van der Waals surface area contributed by atoms with E-state index in [9.17, 15) is 9.59 Å². The van der Waals surface area contributed by atoms with Gasteiger partial charge < -0.3 is 10.6 Å². The molecule has 4 rings (SSSR count). The van der Waals surface area contributed by atoms with Crippen LogP contribution in [0.25, 0.3) is 0 Å².